The molecule has 0 aliphatic carbocycles. The standard InChI is InChI=1S/C14H16BrN3O/c1-9-4-5-13(15)12(6-9)14(19)16-7-11-8-17-18(3)10(11)2/h4-6,8H,7H2,1-3H3,(H,16,19). The van der Waals surface area contributed by atoms with Crippen molar-refractivity contribution in [1.29, 1.82) is 0 Å². The summed E-state index contributed by atoms with van der Waals surface area (Å²) in [6.07, 6.45) is 1.78. The molecule has 0 atom stereocenters. The number of hydrogen-bond acceptors (Lipinski definition) is 2. The van der Waals surface area contributed by atoms with Gasteiger partial charge in [0, 0.05) is 29.3 Å². The van der Waals surface area contributed by atoms with Crippen molar-refractivity contribution in [1.82, 2.24) is 15.1 Å². The third kappa shape index (κ3) is 3.04. The zero-order valence-corrected chi connectivity index (χ0v) is 12.8. The molecule has 0 fully saturated rings. The van der Waals surface area contributed by atoms with Crippen LogP contribution in [-0.4, -0.2) is 15.7 Å². The average Bonchev–Trinajstić information content (AvgIpc) is 2.70. The predicted molar refractivity (Wildman–Crippen MR) is 78.0 cm³/mol. The Morgan fingerprint density at radius 3 is 2.79 bits per heavy atom. The molecule has 19 heavy (non-hydrogen) atoms. The van der Waals surface area contributed by atoms with Crippen LogP contribution in [0.1, 0.15) is 27.2 Å². The molecular formula is C14H16BrN3O. The first-order valence-electron chi connectivity index (χ1n) is 6.01. The van der Waals surface area contributed by atoms with E-state index in [0.29, 0.717) is 12.1 Å². The largest absolute Gasteiger partial charge is 0.348 e. The van der Waals surface area contributed by atoms with Crippen molar-refractivity contribution in [2.45, 2.75) is 20.4 Å². The second-order valence-electron chi connectivity index (χ2n) is 4.54. The Bertz CT molecular complexity index is 619. The Labute approximate surface area is 120 Å². The molecule has 0 aliphatic heterocycles. The van der Waals surface area contributed by atoms with Gasteiger partial charge in [-0.25, -0.2) is 0 Å². The first-order valence-corrected chi connectivity index (χ1v) is 6.80. The van der Waals surface area contributed by atoms with E-state index in [1.807, 2.05) is 39.1 Å². The van der Waals surface area contributed by atoms with Crippen LogP contribution in [0.25, 0.3) is 0 Å². The maximum atomic E-state index is 12.1. The minimum absolute atomic E-state index is 0.0844. The molecule has 0 spiro atoms. The Morgan fingerprint density at radius 1 is 1.42 bits per heavy atom. The third-order valence-corrected chi connectivity index (χ3v) is 3.83. The lowest BCUT2D eigenvalue weighted by atomic mass is 10.1. The van der Waals surface area contributed by atoms with E-state index < -0.39 is 0 Å². The molecule has 100 valence electrons. The summed E-state index contributed by atoms with van der Waals surface area (Å²) in [5, 5.41) is 7.07. The van der Waals surface area contributed by atoms with E-state index in [-0.39, 0.29) is 5.91 Å². The molecule has 1 aromatic heterocycles. The highest BCUT2D eigenvalue weighted by molar-refractivity contribution is 9.10. The van der Waals surface area contributed by atoms with Crippen LogP contribution < -0.4 is 5.32 Å². The van der Waals surface area contributed by atoms with Crippen LogP contribution in [0.4, 0.5) is 0 Å². The molecule has 0 radical (unpaired) electrons. The zero-order valence-electron chi connectivity index (χ0n) is 11.2. The number of nitrogens with one attached hydrogen (secondary N) is 1. The van der Waals surface area contributed by atoms with Gasteiger partial charge in [0.1, 0.15) is 0 Å². The summed E-state index contributed by atoms with van der Waals surface area (Å²) in [5.41, 5.74) is 3.80. The van der Waals surface area contributed by atoms with Gasteiger partial charge in [-0.1, -0.05) is 11.6 Å². The normalized spacial score (nSPS) is 10.5. The van der Waals surface area contributed by atoms with Gasteiger partial charge < -0.3 is 5.32 Å². The highest BCUT2D eigenvalue weighted by Crippen LogP contribution is 2.18. The van der Waals surface area contributed by atoms with E-state index in [4.69, 9.17) is 0 Å². The number of amides is 1. The summed E-state index contributed by atoms with van der Waals surface area (Å²) in [4.78, 5) is 12.1. The summed E-state index contributed by atoms with van der Waals surface area (Å²) in [5.74, 6) is -0.0844. The SMILES string of the molecule is Cc1ccc(Br)c(C(=O)NCc2cnn(C)c2C)c1. The van der Waals surface area contributed by atoms with Gasteiger partial charge in [-0.2, -0.15) is 5.10 Å². The number of benzene rings is 1. The predicted octanol–water partition coefficient (Wildman–Crippen LogP) is 2.73. The highest BCUT2D eigenvalue weighted by Gasteiger charge is 2.11. The van der Waals surface area contributed by atoms with Crippen molar-refractivity contribution in [3.05, 3.63) is 51.3 Å². The quantitative estimate of drug-likeness (QED) is 0.944. The van der Waals surface area contributed by atoms with E-state index in [9.17, 15) is 4.79 Å². The van der Waals surface area contributed by atoms with Crippen molar-refractivity contribution < 1.29 is 4.79 Å². The van der Waals surface area contributed by atoms with Crippen molar-refractivity contribution in [2.75, 3.05) is 0 Å². The van der Waals surface area contributed by atoms with E-state index in [2.05, 4.69) is 26.3 Å². The number of carbonyl (C=O) groups excluding carboxylic acids is 1. The molecule has 0 saturated carbocycles. The number of hydrogen-bond donors (Lipinski definition) is 1. The summed E-state index contributed by atoms with van der Waals surface area (Å²) < 4.78 is 2.60. The van der Waals surface area contributed by atoms with Crippen LogP contribution in [0.2, 0.25) is 0 Å². The summed E-state index contributed by atoms with van der Waals surface area (Å²) in [6.45, 7) is 4.43. The topological polar surface area (TPSA) is 46.9 Å². The van der Waals surface area contributed by atoms with Crippen LogP contribution in [0.15, 0.2) is 28.9 Å². The number of halogens is 1. The van der Waals surface area contributed by atoms with Gasteiger partial charge in [-0.3, -0.25) is 9.48 Å². The molecule has 2 rings (SSSR count). The number of nitrogens with zero attached hydrogens (tertiary/aromatic N) is 2. The van der Waals surface area contributed by atoms with Gasteiger partial charge in [0.05, 0.1) is 11.8 Å². The molecule has 0 saturated heterocycles. The molecule has 0 aliphatic rings. The second kappa shape index (κ2) is 5.57. The fraction of sp³-hybridized carbons (Fsp3) is 0.286. The molecule has 1 aromatic carbocycles. The summed E-state index contributed by atoms with van der Waals surface area (Å²) >= 11 is 3.40. The third-order valence-electron chi connectivity index (χ3n) is 3.14. The number of aryl methyl sites for hydroxylation is 2. The molecule has 1 amide bonds. The van der Waals surface area contributed by atoms with Gasteiger partial charge in [-0.05, 0) is 41.9 Å². The summed E-state index contributed by atoms with van der Waals surface area (Å²) in [7, 11) is 1.89. The lowest BCUT2D eigenvalue weighted by Crippen LogP contribution is -2.23. The van der Waals surface area contributed by atoms with Gasteiger partial charge in [0.2, 0.25) is 0 Å². The lowest BCUT2D eigenvalue weighted by molar-refractivity contribution is 0.0950. The molecule has 0 bridgehead atoms. The Kier molecular flexibility index (Phi) is 4.04. The zero-order chi connectivity index (χ0) is 14.0. The molecule has 0 unspecified atom stereocenters. The van der Waals surface area contributed by atoms with Gasteiger partial charge in [-0.15, -0.1) is 0 Å². The first-order chi connectivity index (χ1) is 8.99. The number of carbonyl (C=O) groups is 1. The number of aromatic nitrogens is 2. The van der Waals surface area contributed by atoms with Gasteiger partial charge >= 0.3 is 0 Å². The first kappa shape index (κ1) is 13.8. The Balaban J connectivity index is 2.09. The van der Waals surface area contributed by atoms with Crippen LogP contribution in [0.3, 0.4) is 0 Å². The minimum atomic E-state index is -0.0844. The van der Waals surface area contributed by atoms with Gasteiger partial charge in [0.15, 0.2) is 0 Å². The fourth-order valence-electron chi connectivity index (χ4n) is 1.80. The monoisotopic (exact) mass is 321 g/mol. The van der Waals surface area contributed by atoms with Crippen molar-refractivity contribution in [2.24, 2.45) is 7.05 Å². The van der Waals surface area contributed by atoms with Gasteiger partial charge in [0.25, 0.3) is 5.91 Å². The molecular weight excluding hydrogens is 306 g/mol. The molecule has 2 aromatic rings. The maximum Gasteiger partial charge on any atom is 0.252 e. The van der Waals surface area contributed by atoms with E-state index in [1.54, 1.807) is 10.9 Å². The summed E-state index contributed by atoms with van der Waals surface area (Å²) in [6, 6.07) is 5.72. The van der Waals surface area contributed by atoms with Crippen LogP contribution in [0, 0.1) is 13.8 Å². The average molecular weight is 322 g/mol. The molecule has 1 heterocycles. The van der Waals surface area contributed by atoms with Crippen LogP contribution >= 0.6 is 15.9 Å². The molecule has 1 N–H and O–H groups in total. The maximum absolute atomic E-state index is 12.1. The van der Waals surface area contributed by atoms with Crippen LogP contribution in [-0.2, 0) is 13.6 Å². The Morgan fingerprint density at radius 2 is 2.16 bits per heavy atom. The van der Waals surface area contributed by atoms with Crippen molar-refractivity contribution in [3.63, 3.8) is 0 Å². The minimum Gasteiger partial charge on any atom is -0.348 e. The molecule has 4 nitrogen and oxygen atoms in total. The second-order valence-corrected chi connectivity index (χ2v) is 5.40. The smallest absolute Gasteiger partial charge is 0.252 e. The van der Waals surface area contributed by atoms with E-state index in [0.717, 1.165) is 21.3 Å². The van der Waals surface area contributed by atoms with Crippen molar-refractivity contribution >= 4 is 21.8 Å². The highest BCUT2D eigenvalue weighted by atomic mass is 79.9. The van der Waals surface area contributed by atoms with E-state index in [1.165, 1.54) is 0 Å². The lowest BCUT2D eigenvalue weighted by Gasteiger charge is -2.07. The number of rotatable bonds is 3. The molecule has 5 heteroatoms. The van der Waals surface area contributed by atoms with Crippen LogP contribution in [0.5, 0.6) is 0 Å². The van der Waals surface area contributed by atoms with E-state index >= 15 is 0 Å². The fourth-order valence-corrected chi connectivity index (χ4v) is 2.23. The Hall–Kier alpha value is -1.62. The van der Waals surface area contributed by atoms with Crippen molar-refractivity contribution in [3.8, 4) is 0 Å².